The maximum atomic E-state index is 12.5. The van der Waals surface area contributed by atoms with Crippen LogP contribution < -0.4 is 10.6 Å². The van der Waals surface area contributed by atoms with Gasteiger partial charge in [0.25, 0.3) is 5.91 Å². The Labute approximate surface area is 160 Å². The molecular formula is C17H26IN5O. The highest BCUT2D eigenvalue weighted by Gasteiger charge is 2.20. The summed E-state index contributed by atoms with van der Waals surface area (Å²) in [5, 5.41) is 6.53. The summed E-state index contributed by atoms with van der Waals surface area (Å²) < 4.78 is 0. The first kappa shape index (κ1) is 19.0. The fourth-order valence-electron chi connectivity index (χ4n) is 2.79. The van der Waals surface area contributed by atoms with Crippen LogP contribution in [-0.2, 0) is 6.54 Å². The summed E-state index contributed by atoms with van der Waals surface area (Å²) in [4.78, 5) is 21.1. The molecule has 0 spiro atoms. The number of likely N-dealkylation sites (N-methyl/N-ethyl adjacent to an activating group) is 1. The van der Waals surface area contributed by atoms with Crippen LogP contribution in [0.3, 0.4) is 0 Å². The topological polar surface area (TPSA) is 60.0 Å². The maximum absolute atomic E-state index is 12.5. The fraction of sp³-hybridized carbons (Fsp3) is 0.529. The van der Waals surface area contributed by atoms with E-state index < -0.39 is 0 Å². The van der Waals surface area contributed by atoms with E-state index in [-0.39, 0.29) is 29.9 Å². The number of nitrogens with zero attached hydrogens (tertiary/aromatic N) is 3. The molecule has 1 amide bonds. The molecule has 7 heteroatoms. The predicted octanol–water partition coefficient (Wildman–Crippen LogP) is 1.13. The first-order valence-corrected chi connectivity index (χ1v) is 8.31. The molecule has 1 aromatic rings. The third-order valence-corrected chi connectivity index (χ3v) is 4.35. The number of carbonyl (C=O) groups is 1. The zero-order valence-electron chi connectivity index (χ0n) is 14.1. The third kappa shape index (κ3) is 5.07. The van der Waals surface area contributed by atoms with Gasteiger partial charge in [0, 0.05) is 51.4 Å². The van der Waals surface area contributed by atoms with Gasteiger partial charge in [0.1, 0.15) is 0 Å². The second-order valence-electron chi connectivity index (χ2n) is 6.16. The Hall–Kier alpha value is -1.35. The van der Waals surface area contributed by atoms with Crippen molar-refractivity contribution < 1.29 is 4.79 Å². The Kier molecular flexibility index (Phi) is 7.29. The molecule has 1 aromatic carbocycles. The van der Waals surface area contributed by atoms with E-state index in [9.17, 15) is 4.79 Å². The highest BCUT2D eigenvalue weighted by molar-refractivity contribution is 14.0. The van der Waals surface area contributed by atoms with Gasteiger partial charge in [-0.3, -0.25) is 9.79 Å². The lowest BCUT2D eigenvalue weighted by molar-refractivity contribution is 0.0664. The Morgan fingerprint density at radius 3 is 2.54 bits per heavy atom. The summed E-state index contributed by atoms with van der Waals surface area (Å²) in [6.07, 6.45) is 1.09. The number of aliphatic imine (C=N–C) groups is 1. The molecule has 2 heterocycles. The number of hydrogen-bond acceptors (Lipinski definition) is 5. The molecule has 0 radical (unpaired) electrons. The molecular weight excluding hydrogens is 417 g/mol. The minimum absolute atomic E-state index is 0. The lowest BCUT2D eigenvalue weighted by Crippen LogP contribution is -2.47. The number of nitrogens with one attached hydrogen (secondary N) is 2. The van der Waals surface area contributed by atoms with E-state index in [4.69, 9.17) is 0 Å². The molecule has 2 N–H and O–H groups in total. The maximum Gasteiger partial charge on any atom is 0.253 e. The summed E-state index contributed by atoms with van der Waals surface area (Å²) in [5.41, 5.74) is 1.92. The number of benzene rings is 1. The average molecular weight is 443 g/mol. The van der Waals surface area contributed by atoms with Crippen molar-refractivity contribution in [2.45, 2.75) is 13.0 Å². The minimum Gasteiger partial charge on any atom is -0.356 e. The van der Waals surface area contributed by atoms with Crippen LogP contribution in [0.4, 0.5) is 0 Å². The Balaban J connectivity index is 0.00000208. The molecule has 0 aromatic heterocycles. The fourth-order valence-corrected chi connectivity index (χ4v) is 2.79. The average Bonchev–Trinajstić information content (AvgIpc) is 2.61. The van der Waals surface area contributed by atoms with E-state index in [0.29, 0.717) is 0 Å². The van der Waals surface area contributed by atoms with Gasteiger partial charge in [0.15, 0.2) is 5.96 Å². The molecule has 1 fully saturated rings. The molecule has 0 aliphatic carbocycles. The summed E-state index contributed by atoms with van der Waals surface area (Å²) in [7, 11) is 2.09. The van der Waals surface area contributed by atoms with Gasteiger partial charge in [0.05, 0.1) is 0 Å². The smallest absolute Gasteiger partial charge is 0.253 e. The molecule has 1 saturated heterocycles. The zero-order chi connectivity index (χ0) is 16.1. The molecule has 6 nitrogen and oxygen atoms in total. The lowest BCUT2D eigenvalue weighted by atomic mass is 10.1. The van der Waals surface area contributed by atoms with Crippen LogP contribution in [0.15, 0.2) is 29.3 Å². The van der Waals surface area contributed by atoms with Crippen molar-refractivity contribution in [3.8, 4) is 0 Å². The van der Waals surface area contributed by atoms with E-state index in [1.54, 1.807) is 0 Å². The van der Waals surface area contributed by atoms with E-state index >= 15 is 0 Å². The molecule has 2 aliphatic rings. The van der Waals surface area contributed by atoms with E-state index in [1.807, 2.05) is 29.2 Å². The number of rotatable bonds is 3. The first-order valence-electron chi connectivity index (χ1n) is 8.31. The van der Waals surface area contributed by atoms with Crippen molar-refractivity contribution in [1.82, 2.24) is 20.4 Å². The van der Waals surface area contributed by atoms with Gasteiger partial charge in [-0.25, -0.2) is 0 Å². The second kappa shape index (κ2) is 9.22. The van der Waals surface area contributed by atoms with Crippen LogP contribution in [0, 0.1) is 0 Å². The standard InChI is InChI=1S/C17H25N5O.HI/c1-21-9-11-22(12-10-21)16(23)15-5-3-14(4-6-15)13-20-17-18-7-2-8-19-17;/h3-6H,2,7-13H2,1H3,(H2,18,19,20);1H. The van der Waals surface area contributed by atoms with Gasteiger partial charge in [-0.05, 0) is 31.2 Å². The monoisotopic (exact) mass is 443 g/mol. The van der Waals surface area contributed by atoms with Crippen molar-refractivity contribution in [2.24, 2.45) is 4.99 Å². The van der Waals surface area contributed by atoms with Crippen LogP contribution >= 0.6 is 24.0 Å². The third-order valence-electron chi connectivity index (χ3n) is 4.35. The molecule has 0 bridgehead atoms. The summed E-state index contributed by atoms with van der Waals surface area (Å²) in [6, 6.07) is 7.88. The van der Waals surface area contributed by atoms with Gasteiger partial charge < -0.3 is 20.4 Å². The van der Waals surface area contributed by atoms with Gasteiger partial charge in [0.2, 0.25) is 0 Å². The molecule has 2 aliphatic heterocycles. The van der Waals surface area contributed by atoms with Gasteiger partial charge in [-0.1, -0.05) is 12.1 Å². The number of carbonyl (C=O) groups excluding carboxylic acids is 1. The SMILES string of the molecule is CN1CCN(C(=O)c2ccc(CNC3=NCCCN3)cc2)CC1.I. The number of piperazine rings is 1. The highest BCUT2D eigenvalue weighted by atomic mass is 127. The minimum atomic E-state index is 0. The molecule has 0 saturated carbocycles. The molecule has 0 atom stereocenters. The number of amides is 1. The van der Waals surface area contributed by atoms with Crippen LogP contribution in [0.25, 0.3) is 0 Å². The first-order chi connectivity index (χ1) is 11.2. The summed E-state index contributed by atoms with van der Waals surface area (Å²) in [5.74, 6) is 1.00. The molecule has 132 valence electrons. The molecule has 3 rings (SSSR count). The van der Waals surface area contributed by atoms with Crippen LogP contribution in [0.2, 0.25) is 0 Å². The zero-order valence-corrected chi connectivity index (χ0v) is 16.5. The van der Waals surface area contributed by atoms with E-state index in [1.165, 1.54) is 0 Å². The van der Waals surface area contributed by atoms with Crippen molar-refractivity contribution in [3.63, 3.8) is 0 Å². The van der Waals surface area contributed by atoms with Gasteiger partial charge in [-0.2, -0.15) is 0 Å². The van der Waals surface area contributed by atoms with Crippen LogP contribution in [-0.4, -0.2) is 68.0 Å². The Morgan fingerprint density at radius 2 is 1.92 bits per heavy atom. The predicted molar refractivity (Wildman–Crippen MR) is 107 cm³/mol. The van der Waals surface area contributed by atoms with E-state index in [2.05, 4.69) is 27.6 Å². The number of hydrogen-bond donors (Lipinski definition) is 2. The largest absolute Gasteiger partial charge is 0.356 e. The summed E-state index contributed by atoms with van der Waals surface area (Å²) in [6.45, 7) is 6.09. The number of guanidine groups is 1. The van der Waals surface area contributed by atoms with Crippen molar-refractivity contribution in [1.29, 1.82) is 0 Å². The highest BCUT2D eigenvalue weighted by Crippen LogP contribution is 2.10. The summed E-state index contributed by atoms with van der Waals surface area (Å²) >= 11 is 0. The normalized spacial score (nSPS) is 18.2. The quantitative estimate of drug-likeness (QED) is 0.688. The number of halogens is 1. The molecule has 24 heavy (non-hydrogen) atoms. The van der Waals surface area contributed by atoms with Gasteiger partial charge in [-0.15, -0.1) is 24.0 Å². The van der Waals surface area contributed by atoms with Crippen molar-refractivity contribution in [2.75, 3.05) is 46.3 Å². The lowest BCUT2D eigenvalue weighted by Gasteiger charge is -2.32. The van der Waals surface area contributed by atoms with Crippen LogP contribution in [0.1, 0.15) is 22.3 Å². The Bertz CT molecular complexity index is 567. The van der Waals surface area contributed by atoms with Crippen molar-refractivity contribution >= 4 is 35.8 Å². The second-order valence-corrected chi connectivity index (χ2v) is 6.16. The van der Waals surface area contributed by atoms with Crippen LogP contribution in [0.5, 0.6) is 0 Å². The molecule has 0 unspecified atom stereocenters. The van der Waals surface area contributed by atoms with Gasteiger partial charge >= 0.3 is 0 Å². The van der Waals surface area contributed by atoms with Crippen molar-refractivity contribution in [3.05, 3.63) is 35.4 Å². The van der Waals surface area contributed by atoms with E-state index in [0.717, 1.165) is 69.3 Å². The Morgan fingerprint density at radius 1 is 1.21 bits per heavy atom.